The van der Waals surface area contributed by atoms with Crippen LogP contribution in [0.1, 0.15) is 10.4 Å². The molecule has 1 aromatic heterocycles. The van der Waals surface area contributed by atoms with Crippen LogP contribution in [0.2, 0.25) is 5.02 Å². The minimum absolute atomic E-state index is 0.242. The number of anilines is 5. The highest BCUT2D eigenvalue weighted by Crippen LogP contribution is 2.27. The summed E-state index contributed by atoms with van der Waals surface area (Å²) in [5, 5.41) is 11.4. The molecule has 4 rings (SSSR count). The molecule has 0 radical (unpaired) electrons. The molecule has 3 aromatic rings. The molecule has 0 saturated carbocycles. The maximum Gasteiger partial charge on any atom is 0.279 e. The fourth-order valence-electron chi connectivity index (χ4n) is 4.03. The van der Waals surface area contributed by atoms with Crippen molar-refractivity contribution >= 4 is 58.2 Å². The van der Waals surface area contributed by atoms with Gasteiger partial charge in [0.15, 0.2) is 11.6 Å². The largest absolute Gasteiger partial charge is 0.368 e. The standard InChI is InChI=1S/C27H28ClFN8O3/c1-17(29)25(39)31-16-23(38)37-13-11-36(12-14-37)19-9-7-18(8-10-19)33-27-32-15-21(28)24(35-27)34-22-6-4-3-5-20(22)26(40)30-2/h3-10,15H,1,11-14,16H2,2H3,(H,30,40)(H,31,39)(H2,32,33,34,35). The number of para-hydroxylation sites is 1. The first-order valence-electron chi connectivity index (χ1n) is 12.4. The molecule has 1 saturated heterocycles. The molecule has 1 aliphatic rings. The number of nitrogens with zero attached hydrogens (tertiary/aromatic N) is 4. The van der Waals surface area contributed by atoms with Crippen molar-refractivity contribution in [3.63, 3.8) is 0 Å². The molecule has 13 heteroatoms. The maximum atomic E-state index is 12.8. The number of rotatable bonds is 9. The van der Waals surface area contributed by atoms with Crippen LogP contribution in [0, 0.1) is 0 Å². The number of hydrogen-bond donors (Lipinski definition) is 4. The van der Waals surface area contributed by atoms with Crippen LogP contribution in [-0.4, -0.2) is 72.4 Å². The molecule has 1 fully saturated rings. The zero-order valence-electron chi connectivity index (χ0n) is 21.7. The van der Waals surface area contributed by atoms with E-state index in [0.717, 1.165) is 11.4 Å². The molecule has 3 amide bonds. The molecule has 2 aromatic carbocycles. The maximum absolute atomic E-state index is 12.8. The fraction of sp³-hybridized carbons (Fsp3) is 0.222. The van der Waals surface area contributed by atoms with E-state index in [1.165, 1.54) is 6.20 Å². The summed E-state index contributed by atoms with van der Waals surface area (Å²) < 4.78 is 12.8. The van der Waals surface area contributed by atoms with Gasteiger partial charge in [-0.25, -0.2) is 9.37 Å². The Hall–Kier alpha value is -4.71. The van der Waals surface area contributed by atoms with Crippen molar-refractivity contribution in [3.05, 3.63) is 77.7 Å². The van der Waals surface area contributed by atoms with Gasteiger partial charge in [0.1, 0.15) is 5.02 Å². The molecule has 0 unspecified atom stereocenters. The zero-order valence-corrected chi connectivity index (χ0v) is 22.5. The van der Waals surface area contributed by atoms with Crippen molar-refractivity contribution in [2.45, 2.75) is 0 Å². The van der Waals surface area contributed by atoms with E-state index in [1.807, 2.05) is 24.3 Å². The first kappa shape index (κ1) is 28.3. The average molecular weight is 567 g/mol. The highest BCUT2D eigenvalue weighted by Gasteiger charge is 2.22. The van der Waals surface area contributed by atoms with E-state index in [2.05, 4.69) is 42.7 Å². The van der Waals surface area contributed by atoms with Crippen molar-refractivity contribution in [1.29, 1.82) is 0 Å². The summed E-state index contributed by atoms with van der Waals surface area (Å²) >= 11 is 6.31. The highest BCUT2D eigenvalue weighted by atomic mass is 35.5. The predicted molar refractivity (Wildman–Crippen MR) is 152 cm³/mol. The lowest BCUT2D eigenvalue weighted by Crippen LogP contribution is -2.51. The quantitative estimate of drug-likeness (QED) is 0.290. The Labute approximate surface area is 235 Å². The number of amides is 3. The Morgan fingerprint density at radius 2 is 1.73 bits per heavy atom. The smallest absolute Gasteiger partial charge is 0.279 e. The Bertz CT molecular complexity index is 1410. The van der Waals surface area contributed by atoms with Gasteiger partial charge in [0.2, 0.25) is 11.9 Å². The lowest BCUT2D eigenvalue weighted by Gasteiger charge is -2.36. The predicted octanol–water partition coefficient (Wildman–Crippen LogP) is 3.22. The molecule has 0 atom stereocenters. The number of carbonyl (C=O) groups is 3. The van der Waals surface area contributed by atoms with E-state index in [0.29, 0.717) is 54.2 Å². The van der Waals surface area contributed by atoms with Gasteiger partial charge in [-0.1, -0.05) is 30.3 Å². The minimum atomic E-state index is -1.13. The van der Waals surface area contributed by atoms with E-state index < -0.39 is 11.7 Å². The van der Waals surface area contributed by atoms with Crippen LogP contribution in [0.3, 0.4) is 0 Å². The molecular weight excluding hydrogens is 539 g/mol. The third-order valence-electron chi connectivity index (χ3n) is 6.16. The van der Waals surface area contributed by atoms with Crippen molar-refractivity contribution in [1.82, 2.24) is 25.5 Å². The van der Waals surface area contributed by atoms with Gasteiger partial charge in [-0.15, -0.1) is 0 Å². The van der Waals surface area contributed by atoms with Gasteiger partial charge in [0.05, 0.1) is 24.0 Å². The Morgan fingerprint density at radius 3 is 2.40 bits per heavy atom. The Morgan fingerprint density at radius 1 is 1.02 bits per heavy atom. The van der Waals surface area contributed by atoms with Crippen LogP contribution in [0.25, 0.3) is 0 Å². The van der Waals surface area contributed by atoms with Crippen molar-refractivity contribution in [2.75, 3.05) is 55.3 Å². The lowest BCUT2D eigenvalue weighted by atomic mass is 10.1. The summed E-state index contributed by atoms with van der Waals surface area (Å²) in [4.78, 5) is 48.2. The van der Waals surface area contributed by atoms with Crippen LogP contribution < -0.4 is 26.2 Å². The third-order valence-corrected chi connectivity index (χ3v) is 6.44. The van der Waals surface area contributed by atoms with Crippen LogP contribution in [0.5, 0.6) is 0 Å². The van der Waals surface area contributed by atoms with Gasteiger partial charge >= 0.3 is 0 Å². The summed E-state index contributed by atoms with van der Waals surface area (Å²) in [6.07, 6.45) is 1.47. The molecule has 4 N–H and O–H groups in total. The number of aromatic nitrogens is 2. The van der Waals surface area contributed by atoms with Crippen LogP contribution in [0.15, 0.2) is 67.1 Å². The molecule has 208 valence electrons. The fourth-order valence-corrected chi connectivity index (χ4v) is 4.17. The summed E-state index contributed by atoms with van der Waals surface area (Å²) in [5.74, 6) is -1.97. The van der Waals surface area contributed by atoms with Gasteiger partial charge in [0.25, 0.3) is 11.8 Å². The van der Waals surface area contributed by atoms with E-state index in [-0.39, 0.29) is 18.4 Å². The number of halogens is 2. The summed E-state index contributed by atoms with van der Waals surface area (Å²) in [6.45, 7) is 4.80. The van der Waals surface area contributed by atoms with Gasteiger partial charge in [0, 0.05) is 44.6 Å². The molecule has 0 aliphatic carbocycles. The van der Waals surface area contributed by atoms with E-state index >= 15 is 0 Å². The molecule has 2 heterocycles. The van der Waals surface area contributed by atoms with Crippen LogP contribution in [-0.2, 0) is 9.59 Å². The minimum Gasteiger partial charge on any atom is -0.368 e. The molecule has 0 spiro atoms. The van der Waals surface area contributed by atoms with E-state index in [4.69, 9.17) is 11.6 Å². The third kappa shape index (κ3) is 7.03. The summed E-state index contributed by atoms with van der Waals surface area (Å²) in [7, 11) is 1.56. The Balaban J connectivity index is 1.35. The number of piperazine rings is 1. The number of nitrogens with one attached hydrogen (secondary N) is 4. The van der Waals surface area contributed by atoms with Crippen molar-refractivity contribution in [2.24, 2.45) is 0 Å². The second-order valence-corrected chi connectivity index (χ2v) is 9.17. The molecule has 0 bridgehead atoms. The average Bonchev–Trinajstić information content (AvgIpc) is 2.97. The van der Waals surface area contributed by atoms with Gasteiger partial charge in [-0.3, -0.25) is 14.4 Å². The lowest BCUT2D eigenvalue weighted by molar-refractivity contribution is -0.132. The first-order chi connectivity index (χ1) is 19.2. The molecular formula is C27H28ClFN8O3. The number of benzene rings is 2. The van der Waals surface area contributed by atoms with Gasteiger partial charge in [-0.2, -0.15) is 4.98 Å². The topological polar surface area (TPSA) is 132 Å². The van der Waals surface area contributed by atoms with Crippen LogP contribution in [0.4, 0.5) is 33.2 Å². The van der Waals surface area contributed by atoms with Gasteiger partial charge < -0.3 is 31.1 Å². The summed E-state index contributed by atoms with van der Waals surface area (Å²) in [5.41, 5.74) is 2.73. The SMILES string of the molecule is C=C(F)C(=O)NCC(=O)N1CCN(c2ccc(Nc3ncc(Cl)c(Nc4ccccc4C(=O)NC)n3)cc2)CC1. The Kier molecular flexibility index (Phi) is 9.12. The first-order valence-corrected chi connectivity index (χ1v) is 12.8. The zero-order chi connectivity index (χ0) is 28.6. The molecule has 40 heavy (non-hydrogen) atoms. The molecule has 1 aliphatic heterocycles. The molecule has 11 nitrogen and oxygen atoms in total. The second kappa shape index (κ2) is 12.9. The van der Waals surface area contributed by atoms with E-state index in [1.54, 1.807) is 36.2 Å². The van der Waals surface area contributed by atoms with Crippen LogP contribution >= 0.6 is 11.6 Å². The number of carbonyl (C=O) groups excluding carboxylic acids is 3. The normalized spacial score (nSPS) is 12.9. The van der Waals surface area contributed by atoms with Crippen molar-refractivity contribution < 1.29 is 18.8 Å². The van der Waals surface area contributed by atoms with E-state index in [9.17, 15) is 18.8 Å². The summed E-state index contributed by atoms with van der Waals surface area (Å²) in [6, 6.07) is 14.7. The van der Waals surface area contributed by atoms with Gasteiger partial charge in [-0.05, 0) is 36.4 Å². The van der Waals surface area contributed by atoms with Crippen molar-refractivity contribution in [3.8, 4) is 0 Å². The number of hydrogen-bond acceptors (Lipinski definition) is 8. The monoisotopic (exact) mass is 566 g/mol. The second-order valence-electron chi connectivity index (χ2n) is 8.77. The highest BCUT2D eigenvalue weighted by molar-refractivity contribution is 6.33.